The van der Waals surface area contributed by atoms with Crippen LogP contribution >= 0.6 is 0 Å². The molecule has 6 heteroatoms. The van der Waals surface area contributed by atoms with Crippen LogP contribution in [0, 0.1) is 0 Å². The Morgan fingerprint density at radius 1 is 1.27 bits per heavy atom. The fourth-order valence-electron chi connectivity index (χ4n) is 2.97. The molecule has 0 spiro atoms. The molecule has 0 radical (unpaired) electrons. The number of ether oxygens (including phenoxy) is 1. The number of carbonyl (C=O) groups is 1. The van der Waals surface area contributed by atoms with E-state index in [1.807, 2.05) is 29.4 Å². The van der Waals surface area contributed by atoms with Crippen LogP contribution in [0.5, 0.6) is 0 Å². The maximum absolute atomic E-state index is 12.2. The average molecular weight is 304 g/mol. The quantitative estimate of drug-likeness (QED) is 0.904. The monoisotopic (exact) mass is 304 g/mol. The lowest BCUT2D eigenvalue weighted by Gasteiger charge is -2.34. The van der Waals surface area contributed by atoms with Crippen molar-refractivity contribution in [1.82, 2.24) is 20.1 Å². The van der Waals surface area contributed by atoms with Crippen LogP contribution in [0.2, 0.25) is 0 Å². The molecule has 2 amide bonds. The van der Waals surface area contributed by atoms with Crippen LogP contribution in [0.25, 0.3) is 0 Å². The van der Waals surface area contributed by atoms with Crippen molar-refractivity contribution in [3.05, 3.63) is 30.1 Å². The van der Waals surface area contributed by atoms with Gasteiger partial charge in [0.05, 0.1) is 6.10 Å². The molecule has 0 aromatic carbocycles. The number of rotatable bonds is 4. The normalized spacial score (nSPS) is 22.7. The lowest BCUT2D eigenvalue weighted by atomic mass is 10.2. The number of nitrogens with zero attached hydrogens (tertiary/aromatic N) is 3. The molecule has 2 aliphatic heterocycles. The molecule has 0 bridgehead atoms. The summed E-state index contributed by atoms with van der Waals surface area (Å²) in [5.41, 5.74) is 1.27. The van der Waals surface area contributed by atoms with Gasteiger partial charge in [-0.25, -0.2) is 4.79 Å². The Kier molecular flexibility index (Phi) is 5.24. The largest absolute Gasteiger partial charge is 0.376 e. The number of carbonyl (C=O) groups excluding carboxylic acids is 1. The van der Waals surface area contributed by atoms with E-state index in [0.29, 0.717) is 6.54 Å². The molecule has 0 aliphatic carbocycles. The zero-order valence-electron chi connectivity index (χ0n) is 12.9. The number of hydrogen-bond donors (Lipinski definition) is 1. The molecule has 1 atom stereocenters. The minimum atomic E-state index is 0.0408. The standard InChI is InChI=1S/C16H24N4O2/c21-16(18-12-15-2-1-11-22-15)20-9-7-19(8-10-20)13-14-3-5-17-6-4-14/h3-6,15H,1-2,7-13H2,(H,18,21). The molecule has 3 rings (SSSR count). The molecular formula is C16H24N4O2. The summed E-state index contributed by atoms with van der Waals surface area (Å²) < 4.78 is 5.53. The highest BCUT2D eigenvalue weighted by Gasteiger charge is 2.22. The van der Waals surface area contributed by atoms with Gasteiger partial charge in [-0.1, -0.05) is 0 Å². The predicted molar refractivity (Wildman–Crippen MR) is 83.5 cm³/mol. The van der Waals surface area contributed by atoms with Crippen molar-refractivity contribution in [3.8, 4) is 0 Å². The number of hydrogen-bond acceptors (Lipinski definition) is 4. The highest BCUT2D eigenvalue weighted by Crippen LogP contribution is 2.11. The van der Waals surface area contributed by atoms with E-state index >= 15 is 0 Å². The lowest BCUT2D eigenvalue weighted by molar-refractivity contribution is 0.104. The molecule has 2 saturated heterocycles. The molecule has 22 heavy (non-hydrogen) atoms. The fourth-order valence-corrected chi connectivity index (χ4v) is 2.97. The van der Waals surface area contributed by atoms with Gasteiger partial charge >= 0.3 is 6.03 Å². The van der Waals surface area contributed by atoms with Gasteiger partial charge in [0, 0.05) is 58.3 Å². The molecule has 6 nitrogen and oxygen atoms in total. The summed E-state index contributed by atoms with van der Waals surface area (Å²) in [6.45, 7) is 5.77. The number of piperazine rings is 1. The van der Waals surface area contributed by atoms with E-state index in [2.05, 4.69) is 15.2 Å². The van der Waals surface area contributed by atoms with E-state index in [1.54, 1.807) is 0 Å². The number of nitrogens with one attached hydrogen (secondary N) is 1. The molecule has 2 aliphatic rings. The van der Waals surface area contributed by atoms with E-state index in [9.17, 15) is 4.79 Å². The Labute approximate surface area is 131 Å². The van der Waals surface area contributed by atoms with Gasteiger partial charge in [-0.15, -0.1) is 0 Å². The second kappa shape index (κ2) is 7.56. The van der Waals surface area contributed by atoms with Crippen LogP contribution in [-0.2, 0) is 11.3 Å². The van der Waals surface area contributed by atoms with E-state index in [0.717, 1.165) is 52.2 Å². The lowest BCUT2D eigenvalue weighted by Crippen LogP contribution is -2.52. The topological polar surface area (TPSA) is 57.7 Å². The SMILES string of the molecule is O=C(NCC1CCCO1)N1CCN(Cc2ccncc2)CC1. The van der Waals surface area contributed by atoms with Gasteiger partial charge in [-0.3, -0.25) is 9.88 Å². The van der Waals surface area contributed by atoms with Gasteiger partial charge in [0.15, 0.2) is 0 Å². The zero-order valence-corrected chi connectivity index (χ0v) is 12.9. The molecule has 3 heterocycles. The molecule has 1 aromatic heterocycles. The Morgan fingerprint density at radius 3 is 2.73 bits per heavy atom. The summed E-state index contributed by atoms with van der Waals surface area (Å²) in [7, 11) is 0. The van der Waals surface area contributed by atoms with Gasteiger partial charge in [0.1, 0.15) is 0 Å². The highest BCUT2D eigenvalue weighted by molar-refractivity contribution is 5.74. The Balaban J connectivity index is 1.38. The second-order valence-corrected chi connectivity index (χ2v) is 5.94. The summed E-state index contributed by atoms with van der Waals surface area (Å²) in [6, 6.07) is 4.13. The molecule has 0 saturated carbocycles. The summed E-state index contributed by atoms with van der Waals surface area (Å²) in [4.78, 5) is 20.5. The molecular weight excluding hydrogens is 280 g/mol. The third-order valence-corrected chi connectivity index (χ3v) is 4.32. The molecule has 1 unspecified atom stereocenters. The van der Waals surface area contributed by atoms with Crippen molar-refractivity contribution in [2.75, 3.05) is 39.3 Å². The van der Waals surface area contributed by atoms with Crippen LogP contribution in [0.15, 0.2) is 24.5 Å². The predicted octanol–water partition coefficient (Wildman–Crippen LogP) is 1.09. The van der Waals surface area contributed by atoms with Crippen LogP contribution < -0.4 is 5.32 Å². The van der Waals surface area contributed by atoms with Gasteiger partial charge < -0.3 is 15.0 Å². The van der Waals surface area contributed by atoms with Gasteiger partial charge in [-0.05, 0) is 30.5 Å². The van der Waals surface area contributed by atoms with Crippen molar-refractivity contribution < 1.29 is 9.53 Å². The van der Waals surface area contributed by atoms with Gasteiger partial charge in [0.2, 0.25) is 0 Å². The number of amides is 2. The first-order valence-corrected chi connectivity index (χ1v) is 8.07. The summed E-state index contributed by atoms with van der Waals surface area (Å²) in [5.74, 6) is 0. The van der Waals surface area contributed by atoms with E-state index < -0.39 is 0 Å². The fraction of sp³-hybridized carbons (Fsp3) is 0.625. The van der Waals surface area contributed by atoms with Crippen LogP contribution in [0.1, 0.15) is 18.4 Å². The van der Waals surface area contributed by atoms with Crippen molar-refractivity contribution in [2.24, 2.45) is 0 Å². The third kappa shape index (κ3) is 4.18. The first-order chi connectivity index (χ1) is 10.8. The Hall–Kier alpha value is -1.66. The van der Waals surface area contributed by atoms with Crippen LogP contribution in [0.4, 0.5) is 4.79 Å². The molecule has 1 N–H and O–H groups in total. The maximum Gasteiger partial charge on any atom is 0.317 e. The minimum Gasteiger partial charge on any atom is -0.376 e. The van der Waals surface area contributed by atoms with Crippen LogP contribution in [0.3, 0.4) is 0 Å². The second-order valence-electron chi connectivity index (χ2n) is 5.94. The number of aromatic nitrogens is 1. The minimum absolute atomic E-state index is 0.0408. The van der Waals surface area contributed by atoms with E-state index in [1.165, 1.54) is 5.56 Å². The Morgan fingerprint density at radius 2 is 2.05 bits per heavy atom. The van der Waals surface area contributed by atoms with Gasteiger partial charge in [0.25, 0.3) is 0 Å². The third-order valence-electron chi connectivity index (χ3n) is 4.32. The van der Waals surface area contributed by atoms with Crippen molar-refractivity contribution in [2.45, 2.75) is 25.5 Å². The average Bonchev–Trinajstić information content (AvgIpc) is 3.08. The smallest absolute Gasteiger partial charge is 0.317 e. The first kappa shape index (κ1) is 15.2. The number of urea groups is 1. The van der Waals surface area contributed by atoms with Gasteiger partial charge in [-0.2, -0.15) is 0 Å². The van der Waals surface area contributed by atoms with E-state index in [-0.39, 0.29) is 12.1 Å². The summed E-state index contributed by atoms with van der Waals surface area (Å²) in [5, 5.41) is 2.99. The Bertz CT molecular complexity index is 468. The van der Waals surface area contributed by atoms with Crippen molar-refractivity contribution >= 4 is 6.03 Å². The highest BCUT2D eigenvalue weighted by atomic mass is 16.5. The van der Waals surface area contributed by atoms with E-state index in [4.69, 9.17) is 4.74 Å². The van der Waals surface area contributed by atoms with Crippen LogP contribution in [-0.4, -0.2) is 66.2 Å². The van der Waals surface area contributed by atoms with Crippen molar-refractivity contribution in [1.29, 1.82) is 0 Å². The number of pyridine rings is 1. The zero-order chi connectivity index (χ0) is 15.2. The summed E-state index contributed by atoms with van der Waals surface area (Å²) in [6.07, 6.45) is 6.01. The van der Waals surface area contributed by atoms with Crippen molar-refractivity contribution in [3.63, 3.8) is 0 Å². The molecule has 120 valence electrons. The molecule has 2 fully saturated rings. The summed E-state index contributed by atoms with van der Waals surface area (Å²) >= 11 is 0. The first-order valence-electron chi connectivity index (χ1n) is 8.07. The maximum atomic E-state index is 12.2. The molecule has 1 aromatic rings.